The third-order valence-corrected chi connectivity index (χ3v) is 2.70. The molecule has 0 saturated carbocycles. The summed E-state index contributed by atoms with van der Waals surface area (Å²) in [6.07, 6.45) is 1.18. The largest absolute Gasteiger partial charge is 1.00 e. The summed E-state index contributed by atoms with van der Waals surface area (Å²) in [5.41, 5.74) is 0. The van der Waals surface area contributed by atoms with Crippen molar-refractivity contribution in [3.8, 4) is 0 Å². The third-order valence-electron chi connectivity index (χ3n) is 2.70. The maximum atomic E-state index is 11.8. The Morgan fingerprint density at radius 1 is 0.852 bits per heavy atom. The Labute approximate surface area is 182 Å². The molecule has 0 aromatic carbocycles. The minimum atomic E-state index is -1.18. The van der Waals surface area contributed by atoms with Gasteiger partial charge in [0.1, 0.15) is 6.61 Å². The minimum Gasteiger partial charge on any atom is -0.548 e. The van der Waals surface area contributed by atoms with E-state index in [0.717, 1.165) is 0 Å². The molecule has 0 rings (SSSR count). The van der Waals surface area contributed by atoms with E-state index < -0.39 is 23.8 Å². The number of rotatable bonds is 13. The first-order valence-electron chi connectivity index (χ1n) is 8.33. The number of carboxylic acid groups (broad SMARTS) is 1. The van der Waals surface area contributed by atoms with Crippen molar-refractivity contribution < 1.29 is 72.8 Å². The summed E-state index contributed by atoms with van der Waals surface area (Å²) in [5.74, 6) is -3.25. The fraction of sp³-hybridized carbons (Fsp3) is 0.765. The first kappa shape index (κ1) is 30.7. The zero-order valence-corrected chi connectivity index (χ0v) is 18.9. The summed E-state index contributed by atoms with van der Waals surface area (Å²) in [6.45, 7) is 3.93. The topological polar surface area (TPSA) is 128 Å². The number of aliphatic carboxylic acids is 1. The monoisotopic (exact) mass is 400 g/mol. The summed E-state index contributed by atoms with van der Waals surface area (Å²) in [5, 5.41) is 9.36. The molecule has 0 radical (unpaired) electrons. The van der Waals surface area contributed by atoms with Gasteiger partial charge in [-0.15, -0.1) is 0 Å². The number of ketones is 1. The van der Waals surface area contributed by atoms with E-state index in [1.54, 1.807) is 0 Å². The number of hydrogen-bond donors (Lipinski definition) is 0. The van der Waals surface area contributed by atoms with Crippen LogP contribution in [0.5, 0.6) is 0 Å². The van der Waals surface area contributed by atoms with E-state index >= 15 is 0 Å². The fourth-order valence-corrected chi connectivity index (χ4v) is 1.65. The quantitative estimate of drug-likeness (QED) is 0.233. The second kappa shape index (κ2) is 21.3. The molecule has 0 aliphatic carbocycles. The van der Waals surface area contributed by atoms with E-state index in [-0.39, 0.29) is 68.0 Å². The van der Waals surface area contributed by atoms with Crippen molar-refractivity contribution in [2.24, 2.45) is 5.92 Å². The smallest absolute Gasteiger partial charge is 0.548 e. The van der Waals surface area contributed by atoms with Crippen molar-refractivity contribution in [1.29, 1.82) is 0 Å². The Bertz CT molecular complexity index is 427. The van der Waals surface area contributed by atoms with Gasteiger partial charge < -0.3 is 28.8 Å². The molecular weight excluding hydrogens is 371 g/mol. The number of carbonyl (C=O) groups is 4. The van der Waals surface area contributed by atoms with Crippen molar-refractivity contribution in [1.82, 2.24) is 0 Å². The zero-order chi connectivity index (χ0) is 20.4. The van der Waals surface area contributed by atoms with Crippen LogP contribution in [0.4, 0.5) is 0 Å². The average Bonchev–Trinajstić information content (AvgIpc) is 2.57. The molecular formula is C17H29NaO9. The molecule has 0 spiro atoms. The standard InChI is InChI=1S/C14H24O6.C3H6O3.Na/c1-4-6-19-13(16)9-11(8-12(15)10-18-3)14(17)20-7-5-2;1-6-2-3(4)5;/h11H,4-10H2,1-3H3;2H2,1H3,(H,4,5);/q;;+1/p-1. The van der Waals surface area contributed by atoms with Crippen LogP contribution in [0.3, 0.4) is 0 Å². The van der Waals surface area contributed by atoms with Crippen LogP contribution < -0.4 is 34.7 Å². The van der Waals surface area contributed by atoms with Gasteiger partial charge in [0.05, 0.1) is 38.1 Å². The van der Waals surface area contributed by atoms with Crippen LogP contribution in [-0.2, 0) is 38.1 Å². The Morgan fingerprint density at radius 3 is 1.78 bits per heavy atom. The van der Waals surface area contributed by atoms with Gasteiger partial charge in [0, 0.05) is 20.6 Å². The van der Waals surface area contributed by atoms with Crippen LogP contribution in [0.2, 0.25) is 0 Å². The first-order chi connectivity index (χ1) is 12.3. The number of methoxy groups -OCH3 is 2. The van der Waals surface area contributed by atoms with Gasteiger partial charge in [0.2, 0.25) is 0 Å². The van der Waals surface area contributed by atoms with Crippen LogP contribution in [0.1, 0.15) is 39.5 Å². The van der Waals surface area contributed by atoms with Crippen LogP contribution >= 0.6 is 0 Å². The summed E-state index contributed by atoms with van der Waals surface area (Å²) in [4.78, 5) is 44.3. The van der Waals surface area contributed by atoms with Gasteiger partial charge in [0.25, 0.3) is 0 Å². The van der Waals surface area contributed by atoms with E-state index in [2.05, 4.69) is 4.74 Å². The van der Waals surface area contributed by atoms with Crippen molar-refractivity contribution in [3.05, 3.63) is 0 Å². The summed E-state index contributed by atoms with van der Waals surface area (Å²) < 4.78 is 18.8. The molecule has 27 heavy (non-hydrogen) atoms. The number of hydrogen-bond acceptors (Lipinski definition) is 9. The number of carbonyl (C=O) groups excluding carboxylic acids is 4. The fourth-order valence-electron chi connectivity index (χ4n) is 1.65. The Hall–Kier alpha value is -1.00. The van der Waals surface area contributed by atoms with Crippen molar-refractivity contribution in [2.45, 2.75) is 39.5 Å². The van der Waals surface area contributed by atoms with Gasteiger partial charge in [-0.1, -0.05) is 13.8 Å². The van der Waals surface area contributed by atoms with Gasteiger partial charge in [-0.3, -0.25) is 14.4 Å². The zero-order valence-electron chi connectivity index (χ0n) is 16.9. The second-order valence-corrected chi connectivity index (χ2v) is 5.27. The van der Waals surface area contributed by atoms with Gasteiger partial charge in [-0.05, 0) is 12.8 Å². The molecule has 9 nitrogen and oxygen atoms in total. The van der Waals surface area contributed by atoms with Crippen LogP contribution in [-0.4, -0.2) is 64.3 Å². The molecule has 0 aromatic rings. The molecule has 0 N–H and O–H groups in total. The molecule has 1 atom stereocenters. The third kappa shape index (κ3) is 21.2. The molecule has 0 saturated heterocycles. The van der Waals surface area contributed by atoms with Gasteiger partial charge >= 0.3 is 41.5 Å². The summed E-state index contributed by atoms with van der Waals surface area (Å²) >= 11 is 0. The Balaban J connectivity index is -0.000000709. The van der Waals surface area contributed by atoms with Crippen LogP contribution in [0.25, 0.3) is 0 Å². The predicted octanol–water partition coefficient (Wildman–Crippen LogP) is -3.11. The normalized spacial score (nSPS) is 10.5. The van der Waals surface area contributed by atoms with Crippen molar-refractivity contribution in [2.75, 3.05) is 40.6 Å². The molecule has 0 aliphatic heterocycles. The summed E-state index contributed by atoms with van der Waals surface area (Å²) in [7, 11) is 2.70. The molecule has 0 bridgehead atoms. The molecule has 0 amide bonds. The Kier molecular flexibility index (Phi) is 24.2. The number of carboxylic acids is 1. The van der Waals surface area contributed by atoms with Gasteiger partial charge in [-0.2, -0.15) is 0 Å². The number of ether oxygens (including phenoxy) is 4. The minimum absolute atomic E-state index is 0. The Morgan fingerprint density at radius 2 is 1.37 bits per heavy atom. The van der Waals surface area contributed by atoms with E-state index in [0.29, 0.717) is 19.4 Å². The maximum absolute atomic E-state index is 11.8. The molecule has 0 fully saturated rings. The first-order valence-corrected chi connectivity index (χ1v) is 8.33. The SMILES string of the molecule is CCCOC(=O)CC(CC(=O)COC)C(=O)OCCC.COCC(=O)[O-].[Na+]. The van der Waals surface area contributed by atoms with E-state index in [1.807, 2.05) is 13.8 Å². The van der Waals surface area contributed by atoms with E-state index in [9.17, 15) is 24.3 Å². The van der Waals surface area contributed by atoms with Crippen molar-refractivity contribution in [3.63, 3.8) is 0 Å². The maximum Gasteiger partial charge on any atom is 1.00 e. The van der Waals surface area contributed by atoms with E-state index in [1.165, 1.54) is 14.2 Å². The molecule has 1 unspecified atom stereocenters. The molecule has 10 heteroatoms. The van der Waals surface area contributed by atoms with Gasteiger partial charge in [0.15, 0.2) is 5.78 Å². The summed E-state index contributed by atoms with van der Waals surface area (Å²) in [6, 6.07) is 0. The molecule has 0 heterocycles. The van der Waals surface area contributed by atoms with Crippen LogP contribution in [0.15, 0.2) is 0 Å². The average molecular weight is 400 g/mol. The van der Waals surface area contributed by atoms with Crippen LogP contribution in [0, 0.1) is 5.92 Å². The molecule has 0 aliphatic rings. The van der Waals surface area contributed by atoms with E-state index in [4.69, 9.17) is 14.2 Å². The second-order valence-electron chi connectivity index (χ2n) is 5.27. The number of esters is 2. The molecule has 0 aromatic heterocycles. The van der Waals surface area contributed by atoms with Crippen molar-refractivity contribution >= 4 is 23.7 Å². The molecule has 152 valence electrons. The number of Topliss-reactive ketones (excluding diaryl/α,β-unsaturated/α-hetero) is 1. The van der Waals surface area contributed by atoms with Gasteiger partial charge in [-0.25, -0.2) is 0 Å². The predicted molar refractivity (Wildman–Crippen MR) is 89.0 cm³/mol.